The molecule has 1 fully saturated rings. The van der Waals surface area contributed by atoms with E-state index in [1.807, 2.05) is 47.0 Å². The number of nitrogens with zero attached hydrogens (tertiary/aromatic N) is 2. The van der Waals surface area contributed by atoms with E-state index in [0.29, 0.717) is 23.4 Å². The van der Waals surface area contributed by atoms with Gasteiger partial charge in [0.2, 0.25) is 0 Å². The second-order valence-corrected chi connectivity index (χ2v) is 10.6. The quantitative estimate of drug-likeness (QED) is 0.286. The minimum absolute atomic E-state index is 0.138. The fourth-order valence-corrected chi connectivity index (χ4v) is 6.65. The summed E-state index contributed by atoms with van der Waals surface area (Å²) >= 11 is 0. The Hall–Kier alpha value is -3.69. The lowest BCUT2D eigenvalue weighted by Gasteiger charge is -2.47. The highest BCUT2D eigenvalue weighted by Crippen LogP contribution is 2.47. The summed E-state index contributed by atoms with van der Waals surface area (Å²) in [5, 5.41) is -1.02. The maximum Gasteiger partial charge on any atom is 0.338 e. The van der Waals surface area contributed by atoms with Crippen LogP contribution in [0.1, 0.15) is 21.5 Å². The molecule has 9 heteroatoms. The van der Waals surface area contributed by atoms with Crippen LogP contribution in [-0.4, -0.2) is 50.1 Å². The largest absolute Gasteiger partial charge is 0.458 e. The normalized spacial score (nSPS) is 19.9. The minimum Gasteiger partial charge on any atom is -0.458 e. The van der Waals surface area contributed by atoms with Crippen LogP contribution in [0.15, 0.2) is 73.4 Å². The van der Waals surface area contributed by atoms with Crippen molar-refractivity contribution < 1.29 is 27.5 Å². The number of carbonyl (C=O) groups excluding carboxylic acids is 2. The molecule has 35 heavy (non-hydrogen) atoms. The molecule has 0 bridgehead atoms. The summed E-state index contributed by atoms with van der Waals surface area (Å²) in [5.41, 5.74) is 4.14. The van der Waals surface area contributed by atoms with Gasteiger partial charge in [-0.15, -0.1) is 0 Å². The van der Waals surface area contributed by atoms with Crippen molar-refractivity contribution in [3.63, 3.8) is 0 Å². The third-order valence-electron chi connectivity index (χ3n) is 6.26. The summed E-state index contributed by atoms with van der Waals surface area (Å²) in [4.78, 5) is 26.3. The van der Waals surface area contributed by atoms with Gasteiger partial charge in [0, 0.05) is 31.0 Å². The fourth-order valence-electron chi connectivity index (χ4n) is 4.70. The molecule has 1 saturated heterocycles. The molecule has 8 nitrogen and oxygen atoms in total. The number of β-lactam (4-membered cyclic amide) rings is 1. The highest BCUT2D eigenvalue weighted by molar-refractivity contribution is 7.91. The van der Waals surface area contributed by atoms with Gasteiger partial charge in [-0.1, -0.05) is 55.1 Å². The average molecular weight is 493 g/mol. The molecule has 0 radical (unpaired) electrons. The average Bonchev–Trinajstić information content (AvgIpc) is 3.18. The van der Waals surface area contributed by atoms with Gasteiger partial charge in [0.25, 0.3) is 5.91 Å². The number of sulfone groups is 1. The van der Waals surface area contributed by atoms with E-state index < -0.39 is 27.3 Å². The van der Waals surface area contributed by atoms with Gasteiger partial charge in [0.15, 0.2) is 21.3 Å². The minimum atomic E-state index is -3.60. The maximum atomic E-state index is 13.0. The molecule has 2 atom stereocenters. The van der Waals surface area contributed by atoms with Crippen molar-refractivity contribution in [3.05, 3.63) is 90.1 Å². The first kappa shape index (κ1) is 23.1. The molecule has 1 amide bonds. The molecule has 1 aromatic heterocycles. The Kier molecular flexibility index (Phi) is 5.82. The first-order valence-corrected chi connectivity index (χ1v) is 12.8. The monoisotopic (exact) mass is 492 g/mol. The van der Waals surface area contributed by atoms with Crippen molar-refractivity contribution in [1.29, 1.82) is 0 Å². The van der Waals surface area contributed by atoms with Crippen LogP contribution in [0.3, 0.4) is 0 Å². The Morgan fingerprint density at radius 3 is 2.51 bits per heavy atom. The Labute approximate surface area is 203 Å². The van der Waals surface area contributed by atoms with Gasteiger partial charge in [-0.05, 0) is 17.7 Å². The van der Waals surface area contributed by atoms with Crippen molar-refractivity contribution in [2.24, 2.45) is 0 Å². The summed E-state index contributed by atoms with van der Waals surface area (Å²) in [6.07, 6.45) is 2.31. The second-order valence-electron chi connectivity index (χ2n) is 8.49. The fraction of sp³-hybridized carbons (Fsp3) is 0.231. The molecule has 0 saturated carbocycles. The summed E-state index contributed by atoms with van der Waals surface area (Å²) < 4.78 is 38.2. The van der Waals surface area contributed by atoms with Gasteiger partial charge >= 0.3 is 5.97 Å². The molecule has 2 aromatic carbocycles. The highest BCUT2D eigenvalue weighted by Gasteiger charge is 2.59. The summed E-state index contributed by atoms with van der Waals surface area (Å²) in [6.45, 7) is 4.09. The topological polar surface area (TPSA) is 94.9 Å². The third-order valence-corrected chi connectivity index (χ3v) is 8.17. The zero-order chi connectivity index (χ0) is 24.7. The van der Waals surface area contributed by atoms with Crippen LogP contribution in [-0.2, 0) is 36.4 Å². The van der Waals surface area contributed by atoms with E-state index in [-0.39, 0.29) is 18.3 Å². The SMILES string of the molecule is C=CCOC(=O)c1ccc(Cn2cc3c(c2-c2ccccc2)N2C(=O)C(OC)C2S(=O)(=O)C3)cc1. The van der Waals surface area contributed by atoms with Gasteiger partial charge in [-0.2, -0.15) is 0 Å². The number of hydrogen-bond acceptors (Lipinski definition) is 6. The van der Waals surface area contributed by atoms with Gasteiger partial charge < -0.3 is 14.0 Å². The Morgan fingerprint density at radius 1 is 1.14 bits per heavy atom. The number of methoxy groups -OCH3 is 1. The zero-order valence-electron chi connectivity index (χ0n) is 19.1. The van der Waals surface area contributed by atoms with Crippen molar-refractivity contribution in [2.45, 2.75) is 23.8 Å². The van der Waals surface area contributed by atoms with E-state index in [0.717, 1.165) is 16.8 Å². The van der Waals surface area contributed by atoms with Gasteiger partial charge in [0.1, 0.15) is 6.61 Å². The van der Waals surface area contributed by atoms with E-state index in [1.165, 1.54) is 18.1 Å². The molecule has 0 aliphatic carbocycles. The number of esters is 1. The first-order valence-electron chi connectivity index (χ1n) is 11.1. The number of benzene rings is 2. The summed E-state index contributed by atoms with van der Waals surface area (Å²) in [5.74, 6) is -0.963. The van der Waals surface area contributed by atoms with E-state index in [4.69, 9.17) is 9.47 Å². The van der Waals surface area contributed by atoms with Gasteiger partial charge in [0.05, 0.1) is 22.7 Å². The Bertz CT molecular complexity index is 1410. The standard InChI is InChI=1S/C26H24N2O6S/c1-3-13-34-26(30)19-11-9-17(10-12-19)14-27-15-20-16-35(31,32)25-23(33-2)24(29)28(25)22(20)21(27)18-7-5-4-6-8-18/h3-12,15,23,25H,1,13-14,16H2,2H3. The van der Waals surface area contributed by atoms with Crippen molar-refractivity contribution >= 4 is 27.4 Å². The van der Waals surface area contributed by atoms with Crippen LogP contribution in [0.4, 0.5) is 5.69 Å². The lowest BCUT2D eigenvalue weighted by molar-refractivity contribution is -0.136. The first-order chi connectivity index (χ1) is 16.9. The van der Waals surface area contributed by atoms with E-state index in [1.54, 1.807) is 18.3 Å². The molecule has 2 unspecified atom stereocenters. The molecule has 3 aromatic rings. The van der Waals surface area contributed by atoms with Gasteiger partial charge in [-0.25, -0.2) is 13.2 Å². The highest BCUT2D eigenvalue weighted by atomic mass is 32.2. The molecule has 180 valence electrons. The van der Waals surface area contributed by atoms with Crippen LogP contribution < -0.4 is 4.90 Å². The third kappa shape index (κ3) is 3.86. The van der Waals surface area contributed by atoms with Crippen LogP contribution >= 0.6 is 0 Å². The predicted octanol–water partition coefficient (Wildman–Crippen LogP) is 3.16. The number of amides is 1. The number of carbonyl (C=O) groups is 2. The Balaban J connectivity index is 1.56. The molecule has 2 aliphatic heterocycles. The number of hydrogen-bond donors (Lipinski definition) is 0. The number of fused-ring (bicyclic) bond motifs is 3. The maximum absolute atomic E-state index is 13.0. The second kappa shape index (κ2) is 8.83. The molecule has 2 aliphatic rings. The summed E-state index contributed by atoms with van der Waals surface area (Å²) in [7, 11) is -2.25. The van der Waals surface area contributed by atoms with Gasteiger partial charge in [-0.3, -0.25) is 9.69 Å². The number of anilines is 1. The van der Waals surface area contributed by atoms with Crippen LogP contribution in [0.5, 0.6) is 0 Å². The zero-order valence-corrected chi connectivity index (χ0v) is 19.9. The van der Waals surface area contributed by atoms with Crippen LogP contribution in [0.25, 0.3) is 11.3 Å². The summed E-state index contributed by atoms with van der Waals surface area (Å²) in [6, 6.07) is 16.6. The number of rotatable bonds is 7. The van der Waals surface area contributed by atoms with E-state index in [2.05, 4.69) is 6.58 Å². The smallest absolute Gasteiger partial charge is 0.338 e. The molecule has 5 rings (SSSR count). The number of ether oxygens (including phenoxy) is 2. The van der Waals surface area contributed by atoms with Crippen LogP contribution in [0.2, 0.25) is 0 Å². The molecule has 0 N–H and O–H groups in total. The molecule has 0 spiro atoms. The lowest BCUT2D eigenvalue weighted by Crippen LogP contribution is -2.70. The Morgan fingerprint density at radius 2 is 1.86 bits per heavy atom. The molecular weight excluding hydrogens is 468 g/mol. The van der Waals surface area contributed by atoms with E-state index in [9.17, 15) is 18.0 Å². The number of aromatic nitrogens is 1. The van der Waals surface area contributed by atoms with Crippen molar-refractivity contribution in [2.75, 3.05) is 18.6 Å². The lowest BCUT2D eigenvalue weighted by atomic mass is 10.0. The van der Waals surface area contributed by atoms with Crippen LogP contribution in [0, 0.1) is 0 Å². The van der Waals surface area contributed by atoms with Crippen molar-refractivity contribution in [3.8, 4) is 11.3 Å². The molecular formula is C26H24N2O6S. The predicted molar refractivity (Wildman–Crippen MR) is 131 cm³/mol. The van der Waals surface area contributed by atoms with E-state index >= 15 is 0 Å². The van der Waals surface area contributed by atoms with Crippen molar-refractivity contribution in [1.82, 2.24) is 4.57 Å². The molecule has 3 heterocycles.